The van der Waals surface area contributed by atoms with Crippen LogP contribution in [0.5, 0.6) is 5.75 Å². The fraction of sp³-hybridized carbons (Fsp3) is 0.538. The van der Waals surface area contributed by atoms with E-state index in [0.29, 0.717) is 13.2 Å². The van der Waals surface area contributed by atoms with Crippen LogP contribution < -0.4 is 10.1 Å². The maximum atomic E-state index is 13.4. The first kappa shape index (κ1) is 13.9. The molecule has 17 heavy (non-hydrogen) atoms. The van der Waals surface area contributed by atoms with E-state index in [1.165, 1.54) is 6.07 Å². The highest BCUT2D eigenvalue weighted by atomic mass is 19.1. The number of methoxy groups -OCH3 is 1. The van der Waals surface area contributed by atoms with Gasteiger partial charge in [-0.05, 0) is 25.1 Å². The van der Waals surface area contributed by atoms with Crippen LogP contribution in [-0.2, 0) is 4.74 Å². The summed E-state index contributed by atoms with van der Waals surface area (Å²) >= 11 is 0. The third kappa shape index (κ3) is 5.15. The molecule has 0 radical (unpaired) electrons. The van der Waals surface area contributed by atoms with Crippen LogP contribution in [0, 0.1) is 5.82 Å². The Morgan fingerprint density at radius 3 is 2.76 bits per heavy atom. The van der Waals surface area contributed by atoms with Crippen LogP contribution in [0.4, 0.5) is 4.39 Å². The van der Waals surface area contributed by atoms with Crippen LogP contribution >= 0.6 is 0 Å². The highest BCUT2D eigenvalue weighted by molar-refractivity contribution is 5.23. The van der Waals surface area contributed by atoms with Gasteiger partial charge >= 0.3 is 0 Å². The lowest BCUT2D eigenvalue weighted by Crippen LogP contribution is -2.35. The monoisotopic (exact) mass is 241 g/mol. The van der Waals surface area contributed by atoms with E-state index in [2.05, 4.69) is 12.2 Å². The fourth-order valence-electron chi connectivity index (χ4n) is 1.48. The highest BCUT2D eigenvalue weighted by Crippen LogP contribution is 2.16. The first-order valence-electron chi connectivity index (χ1n) is 5.88. The van der Waals surface area contributed by atoms with Gasteiger partial charge in [0.05, 0.1) is 6.61 Å². The van der Waals surface area contributed by atoms with Gasteiger partial charge in [-0.2, -0.15) is 0 Å². The van der Waals surface area contributed by atoms with Crippen LogP contribution in [-0.4, -0.2) is 32.9 Å². The third-order valence-electron chi connectivity index (χ3n) is 2.28. The number of halogens is 1. The summed E-state index contributed by atoms with van der Waals surface area (Å²) in [5.41, 5.74) is 0. The zero-order valence-electron chi connectivity index (χ0n) is 10.4. The minimum Gasteiger partial charge on any atom is -0.484 e. The maximum Gasteiger partial charge on any atom is 0.165 e. The molecule has 0 bridgehead atoms. The van der Waals surface area contributed by atoms with Gasteiger partial charge in [-0.3, -0.25) is 0 Å². The molecule has 1 N–H and O–H groups in total. The molecule has 96 valence electrons. The van der Waals surface area contributed by atoms with Gasteiger partial charge in [-0.25, -0.2) is 4.39 Å². The summed E-state index contributed by atoms with van der Waals surface area (Å²) < 4.78 is 24.0. The fourth-order valence-corrected chi connectivity index (χ4v) is 1.48. The Labute approximate surface area is 102 Å². The predicted octanol–water partition coefficient (Wildman–Crippen LogP) is 2.22. The molecule has 0 aliphatic carbocycles. The molecular weight excluding hydrogens is 221 g/mol. The van der Waals surface area contributed by atoms with Crippen molar-refractivity contribution in [2.45, 2.75) is 19.4 Å². The maximum absolute atomic E-state index is 13.4. The molecule has 0 saturated carbocycles. The standard InChI is InChI=1S/C13H20FNO2/c1-3-8-15-9-11(10-16-2)17-13-7-5-4-6-12(13)14/h4-7,11,15H,3,8-10H2,1-2H3. The quantitative estimate of drug-likeness (QED) is 0.708. The van der Waals surface area contributed by atoms with Gasteiger partial charge in [0.25, 0.3) is 0 Å². The largest absolute Gasteiger partial charge is 0.484 e. The molecule has 1 aromatic rings. The van der Waals surface area contributed by atoms with E-state index in [-0.39, 0.29) is 17.7 Å². The molecule has 1 unspecified atom stereocenters. The molecule has 4 heteroatoms. The predicted molar refractivity (Wildman–Crippen MR) is 65.9 cm³/mol. The Morgan fingerprint density at radius 1 is 1.35 bits per heavy atom. The molecule has 1 atom stereocenters. The van der Waals surface area contributed by atoms with E-state index < -0.39 is 0 Å². The topological polar surface area (TPSA) is 30.5 Å². The summed E-state index contributed by atoms with van der Waals surface area (Å²) in [6.07, 6.45) is 0.878. The summed E-state index contributed by atoms with van der Waals surface area (Å²) in [5.74, 6) is -0.0723. The Morgan fingerprint density at radius 2 is 2.12 bits per heavy atom. The second-order valence-electron chi connectivity index (χ2n) is 3.83. The van der Waals surface area contributed by atoms with Crippen molar-refractivity contribution >= 4 is 0 Å². The van der Waals surface area contributed by atoms with Gasteiger partial charge in [0, 0.05) is 13.7 Å². The zero-order valence-corrected chi connectivity index (χ0v) is 10.4. The molecule has 0 fully saturated rings. The van der Waals surface area contributed by atoms with Crippen LogP contribution in [0.1, 0.15) is 13.3 Å². The zero-order chi connectivity index (χ0) is 12.5. The van der Waals surface area contributed by atoms with Gasteiger partial charge in [0.2, 0.25) is 0 Å². The second kappa shape index (κ2) is 8.03. The van der Waals surface area contributed by atoms with E-state index in [1.54, 1.807) is 25.3 Å². The second-order valence-corrected chi connectivity index (χ2v) is 3.83. The first-order valence-corrected chi connectivity index (χ1v) is 5.88. The van der Waals surface area contributed by atoms with Crippen molar-refractivity contribution in [3.8, 4) is 5.75 Å². The lowest BCUT2D eigenvalue weighted by atomic mass is 10.3. The molecule has 1 aromatic carbocycles. The minimum absolute atomic E-state index is 0.177. The van der Waals surface area contributed by atoms with Crippen molar-refractivity contribution in [3.63, 3.8) is 0 Å². The van der Waals surface area contributed by atoms with Gasteiger partial charge in [0.15, 0.2) is 11.6 Å². The number of ether oxygens (including phenoxy) is 2. The van der Waals surface area contributed by atoms with E-state index in [0.717, 1.165) is 13.0 Å². The van der Waals surface area contributed by atoms with Gasteiger partial charge in [0.1, 0.15) is 6.10 Å². The van der Waals surface area contributed by atoms with E-state index in [1.807, 2.05) is 0 Å². The van der Waals surface area contributed by atoms with Crippen LogP contribution in [0.25, 0.3) is 0 Å². The molecule has 0 heterocycles. The van der Waals surface area contributed by atoms with E-state index in [9.17, 15) is 4.39 Å². The summed E-state index contributed by atoms with van der Waals surface area (Å²) in [4.78, 5) is 0. The molecule has 0 aromatic heterocycles. The van der Waals surface area contributed by atoms with Crippen molar-refractivity contribution in [1.29, 1.82) is 0 Å². The Balaban J connectivity index is 2.50. The highest BCUT2D eigenvalue weighted by Gasteiger charge is 2.12. The molecule has 1 rings (SSSR count). The summed E-state index contributed by atoms with van der Waals surface area (Å²) in [6, 6.07) is 6.40. The summed E-state index contributed by atoms with van der Waals surface area (Å²) in [7, 11) is 1.61. The first-order chi connectivity index (χ1) is 8.27. The molecule has 3 nitrogen and oxygen atoms in total. The normalized spacial score (nSPS) is 12.4. The number of para-hydroxylation sites is 1. The van der Waals surface area contributed by atoms with E-state index in [4.69, 9.17) is 9.47 Å². The van der Waals surface area contributed by atoms with Crippen molar-refractivity contribution < 1.29 is 13.9 Å². The minimum atomic E-state index is -0.343. The molecule has 0 saturated heterocycles. The summed E-state index contributed by atoms with van der Waals surface area (Å²) in [6.45, 7) is 4.10. The van der Waals surface area contributed by atoms with Gasteiger partial charge < -0.3 is 14.8 Å². The number of hydrogen-bond donors (Lipinski definition) is 1. The van der Waals surface area contributed by atoms with Gasteiger partial charge in [-0.15, -0.1) is 0 Å². The Kier molecular flexibility index (Phi) is 6.58. The number of benzene rings is 1. The third-order valence-corrected chi connectivity index (χ3v) is 2.28. The molecule has 0 spiro atoms. The van der Waals surface area contributed by atoms with E-state index >= 15 is 0 Å². The lowest BCUT2D eigenvalue weighted by molar-refractivity contribution is 0.0780. The molecule has 0 amide bonds. The Hall–Kier alpha value is -1.13. The molecular formula is C13H20FNO2. The lowest BCUT2D eigenvalue weighted by Gasteiger charge is -2.19. The molecule has 0 aliphatic heterocycles. The number of nitrogens with one attached hydrogen (secondary N) is 1. The van der Waals surface area contributed by atoms with Crippen molar-refractivity contribution in [2.24, 2.45) is 0 Å². The van der Waals surface area contributed by atoms with Crippen LogP contribution in [0.3, 0.4) is 0 Å². The van der Waals surface area contributed by atoms with Crippen LogP contribution in [0.2, 0.25) is 0 Å². The Bertz CT molecular complexity index is 320. The molecule has 0 aliphatic rings. The average Bonchev–Trinajstić information content (AvgIpc) is 2.32. The van der Waals surface area contributed by atoms with Crippen molar-refractivity contribution in [2.75, 3.05) is 26.8 Å². The van der Waals surface area contributed by atoms with Gasteiger partial charge in [-0.1, -0.05) is 19.1 Å². The average molecular weight is 241 g/mol. The summed E-state index contributed by atoms with van der Waals surface area (Å²) in [5, 5.41) is 3.23. The smallest absolute Gasteiger partial charge is 0.165 e. The number of hydrogen-bond acceptors (Lipinski definition) is 3. The van der Waals surface area contributed by atoms with Crippen LogP contribution in [0.15, 0.2) is 24.3 Å². The number of rotatable bonds is 8. The van der Waals surface area contributed by atoms with Crippen molar-refractivity contribution in [1.82, 2.24) is 5.32 Å². The van der Waals surface area contributed by atoms with Crippen molar-refractivity contribution in [3.05, 3.63) is 30.1 Å². The SMILES string of the molecule is CCCNCC(COC)Oc1ccccc1F.